The molecule has 0 spiro atoms. The van der Waals surface area contributed by atoms with Gasteiger partial charge in [-0.2, -0.15) is 0 Å². The van der Waals surface area contributed by atoms with Crippen LogP contribution in [0.2, 0.25) is 0 Å². The van der Waals surface area contributed by atoms with Gasteiger partial charge in [0.25, 0.3) is 0 Å². The van der Waals surface area contributed by atoms with E-state index in [1.807, 2.05) is 0 Å². The van der Waals surface area contributed by atoms with Gasteiger partial charge >= 0.3 is 0 Å². The Bertz CT molecular complexity index is 324. The molecular formula is C12H15ClO. The van der Waals surface area contributed by atoms with Crippen LogP contribution in [0.15, 0.2) is 24.3 Å². The Hall–Kier alpha value is -0.690. The molecule has 3 rings (SSSR count). The topological polar surface area (TPSA) is 9.23 Å². The van der Waals surface area contributed by atoms with Gasteiger partial charge in [-0.25, -0.2) is 0 Å². The van der Waals surface area contributed by atoms with Crippen molar-refractivity contribution < 1.29 is 4.74 Å². The van der Waals surface area contributed by atoms with Crippen molar-refractivity contribution in [3.05, 3.63) is 29.8 Å². The molecule has 76 valence electrons. The Morgan fingerprint density at radius 2 is 1.86 bits per heavy atom. The molecule has 0 aromatic heterocycles. The lowest BCUT2D eigenvalue weighted by Crippen LogP contribution is -2.22. The number of rotatable bonds is 0. The van der Waals surface area contributed by atoms with E-state index in [1.165, 1.54) is 31.2 Å². The standard InChI is InChI=1S/C12H14O.ClH/c1-3-7-11-9(5-1)10-6-2-4-8-12(10)13-11;/h1,3,5,7,10,12H,2,4,6,8H2;1H. The molecule has 0 saturated heterocycles. The van der Waals surface area contributed by atoms with Crippen LogP contribution < -0.4 is 4.74 Å². The maximum atomic E-state index is 5.91. The van der Waals surface area contributed by atoms with Crippen molar-refractivity contribution in [2.45, 2.75) is 37.7 Å². The van der Waals surface area contributed by atoms with Crippen LogP contribution in [-0.2, 0) is 0 Å². The predicted molar refractivity (Wildman–Crippen MR) is 59.3 cm³/mol. The van der Waals surface area contributed by atoms with E-state index >= 15 is 0 Å². The third-order valence-electron chi connectivity index (χ3n) is 3.30. The van der Waals surface area contributed by atoms with Gasteiger partial charge in [-0.15, -0.1) is 12.4 Å². The lowest BCUT2D eigenvalue weighted by molar-refractivity contribution is 0.164. The molecule has 2 unspecified atom stereocenters. The third-order valence-corrected chi connectivity index (χ3v) is 3.30. The molecule has 1 aromatic rings. The summed E-state index contributed by atoms with van der Waals surface area (Å²) in [5.41, 5.74) is 1.45. The molecule has 1 saturated carbocycles. The summed E-state index contributed by atoms with van der Waals surface area (Å²) in [4.78, 5) is 0. The van der Waals surface area contributed by atoms with Crippen molar-refractivity contribution in [1.82, 2.24) is 0 Å². The molecule has 1 aliphatic carbocycles. The summed E-state index contributed by atoms with van der Waals surface area (Å²) in [6, 6.07) is 8.52. The second-order valence-electron chi connectivity index (χ2n) is 4.09. The zero-order valence-electron chi connectivity index (χ0n) is 8.11. The largest absolute Gasteiger partial charge is 0.489 e. The second kappa shape index (κ2) is 3.82. The fraction of sp³-hybridized carbons (Fsp3) is 0.500. The fourth-order valence-corrected chi connectivity index (χ4v) is 2.65. The summed E-state index contributed by atoms with van der Waals surface area (Å²) in [6.07, 6.45) is 5.78. The highest BCUT2D eigenvalue weighted by Gasteiger charge is 2.35. The van der Waals surface area contributed by atoms with Crippen molar-refractivity contribution in [3.8, 4) is 5.75 Å². The summed E-state index contributed by atoms with van der Waals surface area (Å²) >= 11 is 0. The van der Waals surface area contributed by atoms with E-state index in [2.05, 4.69) is 24.3 Å². The third kappa shape index (κ3) is 1.40. The van der Waals surface area contributed by atoms with E-state index in [0.29, 0.717) is 12.0 Å². The maximum absolute atomic E-state index is 5.91. The molecule has 2 heteroatoms. The SMILES string of the molecule is Cl.c1ccc2c(c1)OC1CCCCC21. The Morgan fingerprint density at radius 1 is 1.07 bits per heavy atom. The minimum atomic E-state index is 0. The van der Waals surface area contributed by atoms with Crippen LogP contribution in [0.25, 0.3) is 0 Å². The Kier molecular flexibility index (Phi) is 2.69. The fourth-order valence-electron chi connectivity index (χ4n) is 2.65. The van der Waals surface area contributed by atoms with Crippen LogP contribution >= 0.6 is 12.4 Å². The van der Waals surface area contributed by atoms with Crippen LogP contribution in [0.5, 0.6) is 5.75 Å². The number of hydrogen-bond donors (Lipinski definition) is 0. The van der Waals surface area contributed by atoms with E-state index in [1.54, 1.807) is 0 Å². The Balaban J connectivity index is 0.000000750. The van der Waals surface area contributed by atoms with Gasteiger partial charge in [0.05, 0.1) is 0 Å². The molecule has 1 aromatic carbocycles. The van der Waals surface area contributed by atoms with Crippen LogP contribution in [0.3, 0.4) is 0 Å². The smallest absolute Gasteiger partial charge is 0.123 e. The average Bonchev–Trinajstić information content (AvgIpc) is 2.56. The van der Waals surface area contributed by atoms with Gasteiger partial charge in [-0.3, -0.25) is 0 Å². The number of fused-ring (bicyclic) bond motifs is 3. The van der Waals surface area contributed by atoms with E-state index in [4.69, 9.17) is 4.74 Å². The number of ether oxygens (including phenoxy) is 1. The number of halogens is 1. The highest BCUT2D eigenvalue weighted by Crippen LogP contribution is 2.44. The summed E-state index contributed by atoms with van der Waals surface area (Å²) in [7, 11) is 0. The molecule has 14 heavy (non-hydrogen) atoms. The van der Waals surface area contributed by atoms with E-state index in [-0.39, 0.29) is 12.4 Å². The minimum Gasteiger partial charge on any atom is -0.489 e. The first kappa shape index (κ1) is 9.85. The first-order chi connectivity index (χ1) is 6.45. The van der Waals surface area contributed by atoms with Crippen molar-refractivity contribution in [3.63, 3.8) is 0 Å². The first-order valence-electron chi connectivity index (χ1n) is 5.21. The van der Waals surface area contributed by atoms with E-state index in [9.17, 15) is 0 Å². The molecule has 0 amide bonds. The molecule has 0 bridgehead atoms. The molecule has 1 fully saturated rings. The van der Waals surface area contributed by atoms with Gasteiger partial charge < -0.3 is 4.74 Å². The predicted octanol–water partition coefficient (Wildman–Crippen LogP) is 3.53. The van der Waals surface area contributed by atoms with Crippen LogP contribution in [0.4, 0.5) is 0 Å². The van der Waals surface area contributed by atoms with Gasteiger partial charge in [0.1, 0.15) is 11.9 Å². The van der Waals surface area contributed by atoms with Crippen LogP contribution in [-0.4, -0.2) is 6.10 Å². The van der Waals surface area contributed by atoms with Crippen molar-refractivity contribution in [2.24, 2.45) is 0 Å². The number of hydrogen-bond acceptors (Lipinski definition) is 1. The summed E-state index contributed by atoms with van der Waals surface area (Å²) in [5.74, 6) is 1.84. The van der Waals surface area contributed by atoms with E-state index in [0.717, 1.165) is 5.75 Å². The average molecular weight is 211 g/mol. The first-order valence-corrected chi connectivity index (χ1v) is 5.21. The Morgan fingerprint density at radius 3 is 2.79 bits per heavy atom. The lowest BCUT2D eigenvalue weighted by Gasteiger charge is -2.23. The highest BCUT2D eigenvalue weighted by atomic mass is 35.5. The molecule has 2 aliphatic rings. The van der Waals surface area contributed by atoms with Crippen LogP contribution in [0.1, 0.15) is 37.2 Å². The van der Waals surface area contributed by atoms with Gasteiger partial charge in [0, 0.05) is 11.5 Å². The summed E-state index contributed by atoms with van der Waals surface area (Å²) in [6.45, 7) is 0. The minimum absolute atomic E-state index is 0. The monoisotopic (exact) mass is 210 g/mol. The van der Waals surface area contributed by atoms with Crippen molar-refractivity contribution in [2.75, 3.05) is 0 Å². The summed E-state index contributed by atoms with van der Waals surface area (Å²) in [5, 5.41) is 0. The zero-order chi connectivity index (χ0) is 8.67. The molecule has 0 N–H and O–H groups in total. The van der Waals surface area contributed by atoms with Gasteiger partial charge in [-0.05, 0) is 25.3 Å². The molecule has 2 atom stereocenters. The number of para-hydroxylation sites is 1. The quantitative estimate of drug-likeness (QED) is 0.637. The zero-order valence-corrected chi connectivity index (χ0v) is 8.93. The Labute approximate surface area is 90.9 Å². The molecule has 1 nitrogen and oxygen atoms in total. The highest BCUT2D eigenvalue weighted by molar-refractivity contribution is 5.85. The normalized spacial score (nSPS) is 28.3. The molecule has 1 heterocycles. The van der Waals surface area contributed by atoms with Gasteiger partial charge in [0.2, 0.25) is 0 Å². The van der Waals surface area contributed by atoms with Gasteiger partial charge in [0.15, 0.2) is 0 Å². The van der Waals surface area contributed by atoms with Gasteiger partial charge in [-0.1, -0.05) is 24.6 Å². The lowest BCUT2D eigenvalue weighted by atomic mass is 9.83. The molecular weight excluding hydrogens is 196 g/mol. The maximum Gasteiger partial charge on any atom is 0.123 e. The van der Waals surface area contributed by atoms with E-state index < -0.39 is 0 Å². The summed E-state index contributed by atoms with van der Waals surface area (Å²) < 4.78 is 5.91. The van der Waals surface area contributed by atoms with Crippen molar-refractivity contribution >= 4 is 12.4 Å². The van der Waals surface area contributed by atoms with Crippen LogP contribution in [0, 0.1) is 0 Å². The van der Waals surface area contributed by atoms with Crippen molar-refractivity contribution in [1.29, 1.82) is 0 Å². The number of benzene rings is 1. The molecule has 1 aliphatic heterocycles. The molecule has 0 radical (unpaired) electrons. The second-order valence-corrected chi connectivity index (χ2v) is 4.09.